The molecule has 1 heterocycles. The van der Waals surface area contributed by atoms with Crippen LogP contribution in [0.2, 0.25) is 0 Å². The van der Waals surface area contributed by atoms with Crippen molar-refractivity contribution in [1.82, 2.24) is 14.9 Å². The highest BCUT2D eigenvalue weighted by Gasteiger charge is 2.09. The Balaban J connectivity index is 2.35. The topological polar surface area (TPSA) is 55.2 Å². The molecule has 2 rings (SSSR count). The molecular formula is C14H18N4OS. The van der Waals surface area contributed by atoms with Crippen LogP contribution in [0, 0.1) is 4.77 Å². The number of ether oxygens (including phenoxy) is 1. The second-order valence-corrected chi connectivity index (χ2v) is 4.96. The van der Waals surface area contributed by atoms with Gasteiger partial charge in [0.15, 0.2) is 5.82 Å². The summed E-state index contributed by atoms with van der Waals surface area (Å²) in [4.78, 5) is 0. The van der Waals surface area contributed by atoms with Crippen LogP contribution in [0.1, 0.15) is 38.1 Å². The molecule has 2 aromatic rings. The highest BCUT2D eigenvalue weighted by atomic mass is 32.1. The third-order valence-electron chi connectivity index (χ3n) is 2.72. The Hall–Kier alpha value is -1.95. The van der Waals surface area contributed by atoms with E-state index in [1.54, 1.807) is 10.9 Å². The second-order valence-electron chi connectivity index (χ2n) is 4.57. The number of nitrogens with zero attached hydrogens (tertiary/aromatic N) is 3. The molecule has 6 heteroatoms. The van der Waals surface area contributed by atoms with Crippen molar-refractivity contribution < 1.29 is 4.74 Å². The summed E-state index contributed by atoms with van der Waals surface area (Å²) in [5.74, 6) is 1.85. The van der Waals surface area contributed by atoms with Crippen LogP contribution in [0.4, 0.5) is 0 Å². The molecule has 5 nitrogen and oxygen atoms in total. The Bertz CT molecular complexity index is 657. The van der Waals surface area contributed by atoms with Crippen LogP contribution in [0.3, 0.4) is 0 Å². The first kappa shape index (κ1) is 14.5. The van der Waals surface area contributed by atoms with Crippen LogP contribution < -0.4 is 4.74 Å². The van der Waals surface area contributed by atoms with Gasteiger partial charge in [0.05, 0.1) is 12.8 Å². The Morgan fingerprint density at radius 3 is 2.90 bits per heavy atom. The molecule has 0 saturated heterocycles. The largest absolute Gasteiger partial charge is 0.493 e. The fraction of sp³-hybridized carbons (Fsp3) is 0.357. The molecule has 0 spiro atoms. The van der Waals surface area contributed by atoms with Crippen LogP contribution in [0.15, 0.2) is 29.4 Å². The fourth-order valence-corrected chi connectivity index (χ4v) is 1.97. The van der Waals surface area contributed by atoms with E-state index in [2.05, 4.69) is 15.3 Å². The first-order valence-electron chi connectivity index (χ1n) is 6.57. The van der Waals surface area contributed by atoms with E-state index in [-0.39, 0.29) is 5.92 Å². The molecule has 0 aliphatic carbocycles. The molecular weight excluding hydrogens is 272 g/mol. The lowest BCUT2D eigenvalue weighted by Gasteiger charge is -2.06. The minimum atomic E-state index is 0.238. The van der Waals surface area contributed by atoms with Gasteiger partial charge in [-0.05, 0) is 31.3 Å². The summed E-state index contributed by atoms with van der Waals surface area (Å²) in [7, 11) is 0. The molecule has 1 aromatic carbocycles. The monoisotopic (exact) mass is 290 g/mol. The molecule has 0 aliphatic heterocycles. The van der Waals surface area contributed by atoms with Crippen LogP contribution in [0.25, 0.3) is 0 Å². The molecule has 0 amide bonds. The standard InChI is InChI=1S/C14H18N4OS/c1-4-19-12-8-6-5-7-11(12)9-15-18-13(10(2)3)16-17-14(18)20/h5-10H,4H2,1-3H3,(H,17,20)/b15-9-. The number of rotatable bonds is 5. The molecule has 0 radical (unpaired) electrons. The third-order valence-corrected chi connectivity index (χ3v) is 2.99. The van der Waals surface area contributed by atoms with Crippen LogP contribution in [-0.2, 0) is 0 Å². The minimum Gasteiger partial charge on any atom is -0.493 e. The summed E-state index contributed by atoms with van der Waals surface area (Å²) in [6, 6.07) is 7.75. The molecule has 1 N–H and O–H groups in total. The predicted molar refractivity (Wildman–Crippen MR) is 82.1 cm³/mol. The number of benzene rings is 1. The summed E-state index contributed by atoms with van der Waals surface area (Å²) >= 11 is 5.19. The van der Waals surface area contributed by atoms with E-state index in [0.29, 0.717) is 11.4 Å². The normalized spacial score (nSPS) is 11.4. The van der Waals surface area contributed by atoms with Crippen molar-refractivity contribution in [2.24, 2.45) is 5.10 Å². The van der Waals surface area contributed by atoms with Gasteiger partial charge < -0.3 is 4.74 Å². The van der Waals surface area contributed by atoms with E-state index in [1.807, 2.05) is 45.0 Å². The van der Waals surface area contributed by atoms with E-state index in [4.69, 9.17) is 17.0 Å². The second kappa shape index (κ2) is 6.47. The molecule has 0 aliphatic rings. The third kappa shape index (κ3) is 3.14. The summed E-state index contributed by atoms with van der Waals surface area (Å²) < 4.78 is 7.69. The van der Waals surface area contributed by atoms with Crippen LogP contribution >= 0.6 is 12.2 Å². The van der Waals surface area contributed by atoms with Crippen molar-refractivity contribution in [3.05, 3.63) is 40.4 Å². The number of H-pyrrole nitrogens is 1. The van der Waals surface area contributed by atoms with Gasteiger partial charge in [0.2, 0.25) is 4.77 Å². The zero-order valence-corrected chi connectivity index (χ0v) is 12.6. The molecule has 0 unspecified atom stereocenters. The predicted octanol–water partition coefficient (Wildman–Crippen LogP) is 3.34. The van der Waals surface area contributed by atoms with Crippen LogP contribution in [-0.4, -0.2) is 27.7 Å². The van der Waals surface area contributed by atoms with E-state index >= 15 is 0 Å². The van der Waals surface area contributed by atoms with E-state index < -0.39 is 0 Å². The number of hydrogen-bond acceptors (Lipinski definition) is 4. The summed E-state index contributed by atoms with van der Waals surface area (Å²) in [6.45, 7) is 6.67. The maximum absolute atomic E-state index is 5.56. The van der Waals surface area contributed by atoms with Gasteiger partial charge >= 0.3 is 0 Å². The number of hydrogen-bond donors (Lipinski definition) is 1. The van der Waals surface area contributed by atoms with Crippen molar-refractivity contribution >= 4 is 18.4 Å². The lowest BCUT2D eigenvalue weighted by atomic mass is 10.2. The highest BCUT2D eigenvalue weighted by molar-refractivity contribution is 7.71. The van der Waals surface area contributed by atoms with Crippen molar-refractivity contribution in [1.29, 1.82) is 0 Å². The van der Waals surface area contributed by atoms with Crippen molar-refractivity contribution in [3.63, 3.8) is 0 Å². The van der Waals surface area contributed by atoms with Crippen molar-refractivity contribution in [3.8, 4) is 5.75 Å². The molecule has 1 aromatic heterocycles. The Morgan fingerprint density at radius 2 is 2.20 bits per heavy atom. The molecule has 0 saturated carbocycles. The van der Waals surface area contributed by atoms with E-state index in [9.17, 15) is 0 Å². The number of nitrogens with one attached hydrogen (secondary N) is 1. The summed E-state index contributed by atoms with van der Waals surface area (Å²) in [5.41, 5.74) is 0.909. The molecule has 0 bridgehead atoms. The minimum absolute atomic E-state index is 0.238. The Morgan fingerprint density at radius 1 is 1.45 bits per heavy atom. The number of aromatic nitrogens is 3. The lowest BCUT2D eigenvalue weighted by Crippen LogP contribution is -2.02. The smallest absolute Gasteiger partial charge is 0.216 e. The van der Waals surface area contributed by atoms with E-state index in [1.165, 1.54) is 0 Å². The van der Waals surface area contributed by atoms with Crippen molar-refractivity contribution in [2.75, 3.05) is 6.61 Å². The van der Waals surface area contributed by atoms with Gasteiger partial charge in [0, 0.05) is 11.5 Å². The number of para-hydroxylation sites is 1. The summed E-state index contributed by atoms with van der Waals surface area (Å²) in [5, 5.41) is 11.4. The van der Waals surface area contributed by atoms with Crippen molar-refractivity contribution in [2.45, 2.75) is 26.7 Å². The zero-order chi connectivity index (χ0) is 14.5. The molecule has 106 valence electrons. The maximum atomic E-state index is 5.56. The van der Waals surface area contributed by atoms with Gasteiger partial charge in [0.25, 0.3) is 0 Å². The van der Waals surface area contributed by atoms with Crippen LogP contribution in [0.5, 0.6) is 5.75 Å². The first-order valence-corrected chi connectivity index (χ1v) is 6.97. The fourth-order valence-electron chi connectivity index (χ4n) is 1.78. The Kier molecular flexibility index (Phi) is 4.68. The van der Waals surface area contributed by atoms with Gasteiger partial charge in [-0.3, -0.25) is 5.10 Å². The molecule has 20 heavy (non-hydrogen) atoms. The molecule has 0 fully saturated rings. The SMILES string of the molecule is CCOc1ccccc1/C=N\n1c(C(C)C)n[nH]c1=S. The summed E-state index contributed by atoms with van der Waals surface area (Å²) in [6.07, 6.45) is 1.74. The maximum Gasteiger partial charge on any atom is 0.216 e. The zero-order valence-electron chi connectivity index (χ0n) is 11.8. The van der Waals surface area contributed by atoms with Gasteiger partial charge in [-0.2, -0.15) is 14.9 Å². The lowest BCUT2D eigenvalue weighted by molar-refractivity contribution is 0.340. The van der Waals surface area contributed by atoms with Gasteiger partial charge in [-0.15, -0.1) is 0 Å². The quantitative estimate of drug-likeness (QED) is 0.678. The Labute approximate surface area is 123 Å². The van der Waals surface area contributed by atoms with E-state index in [0.717, 1.165) is 17.1 Å². The highest BCUT2D eigenvalue weighted by Crippen LogP contribution is 2.16. The van der Waals surface area contributed by atoms with Gasteiger partial charge in [0.1, 0.15) is 5.75 Å². The number of aromatic amines is 1. The average molecular weight is 290 g/mol. The first-order chi connectivity index (χ1) is 9.63. The van der Waals surface area contributed by atoms with Gasteiger partial charge in [-0.1, -0.05) is 26.0 Å². The molecule has 0 atom stereocenters. The average Bonchev–Trinajstić information content (AvgIpc) is 2.79. The van der Waals surface area contributed by atoms with Gasteiger partial charge in [-0.25, -0.2) is 0 Å².